The van der Waals surface area contributed by atoms with E-state index >= 15 is 0 Å². The number of nitrogens with one attached hydrogen (secondary N) is 1. The number of carbonyl (C=O) groups excluding carboxylic acids is 1. The number of thiophene rings is 1. The molecule has 22 heavy (non-hydrogen) atoms. The minimum atomic E-state index is 0.0386. The van der Waals surface area contributed by atoms with E-state index in [1.165, 1.54) is 23.3 Å². The highest BCUT2D eigenvalue weighted by Gasteiger charge is 2.34. The van der Waals surface area contributed by atoms with E-state index in [4.69, 9.17) is 0 Å². The number of hydrogen-bond acceptors (Lipinski definition) is 2. The molecule has 3 rings (SSSR count). The normalized spacial score (nSPS) is 15.3. The molecule has 0 aliphatic heterocycles. The summed E-state index contributed by atoms with van der Waals surface area (Å²) in [6, 6.07) is 14.6. The molecule has 1 aliphatic rings. The molecule has 2 aromatic rings. The number of hydrogen-bond donors (Lipinski definition) is 1. The highest BCUT2D eigenvalue weighted by Crippen LogP contribution is 2.41. The van der Waals surface area contributed by atoms with Gasteiger partial charge in [0.1, 0.15) is 0 Å². The largest absolute Gasteiger partial charge is 0.331 e. The first-order chi connectivity index (χ1) is 10.8. The Morgan fingerprint density at radius 2 is 2.05 bits per heavy atom. The van der Waals surface area contributed by atoms with Gasteiger partial charge in [-0.3, -0.25) is 0 Å². The van der Waals surface area contributed by atoms with E-state index in [9.17, 15) is 4.79 Å². The predicted molar refractivity (Wildman–Crippen MR) is 90.8 cm³/mol. The van der Waals surface area contributed by atoms with Crippen LogP contribution in [0, 0.1) is 5.92 Å². The zero-order valence-electron chi connectivity index (χ0n) is 12.9. The summed E-state index contributed by atoms with van der Waals surface area (Å²) in [5.41, 5.74) is 1.21. The van der Waals surface area contributed by atoms with E-state index < -0.39 is 0 Å². The third-order valence-corrected chi connectivity index (χ3v) is 4.99. The first-order valence-electron chi connectivity index (χ1n) is 7.90. The molecular weight excluding hydrogens is 292 g/mol. The number of benzene rings is 1. The number of nitrogens with zero attached hydrogens (tertiary/aromatic N) is 1. The van der Waals surface area contributed by atoms with Gasteiger partial charge >= 0.3 is 6.03 Å². The van der Waals surface area contributed by atoms with Crippen LogP contribution in [0.4, 0.5) is 4.79 Å². The maximum atomic E-state index is 12.6. The zero-order chi connectivity index (χ0) is 15.4. The lowest BCUT2D eigenvalue weighted by Crippen LogP contribution is -2.41. The van der Waals surface area contributed by atoms with Gasteiger partial charge in [-0.2, -0.15) is 0 Å². The lowest BCUT2D eigenvalue weighted by molar-refractivity contribution is 0.193. The first-order valence-corrected chi connectivity index (χ1v) is 8.78. The number of rotatable bonds is 6. The lowest BCUT2D eigenvalue weighted by Gasteiger charge is -2.25. The SMILES string of the molecule is CCN(Cc1cccs1)C(=O)NC(c1ccccc1)C1CC1. The van der Waals surface area contributed by atoms with Gasteiger partial charge in [0.05, 0.1) is 12.6 Å². The van der Waals surface area contributed by atoms with Crippen LogP contribution in [-0.2, 0) is 6.54 Å². The van der Waals surface area contributed by atoms with Crippen LogP contribution in [0.5, 0.6) is 0 Å². The Morgan fingerprint density at radius 3 is 2.64 bits per heavy atom. The maximum absolute atomic E-state index is 12.6. The molecule has 1 atom stereocenters. The second-order valence-electron chi connectivity index (χ2n) is 5.77. The fourth-order valence-corrected chi connectivity index (χ4v) is 3.42. The smallest absolute Gasteiger partial charge is 0.318 e. The van der Waals surface area contributed by atoms with Gasteiger partial charge in [0.15, 0.2) is 0 Å². The zero-order valence-corrected chi connectivity index (χ0v) is 13.7. The molecule has 4 heteroatoms. The van der Waals surface area contributed by atoms with Crippen molar-refractivity contribution in [2.45, 2.75) is 32.4 Å². The second-order valence-corrected chi connectivity index (χ2v) is 6.80. The first kappa shape index (κ1) is 15.1. The number of urea groups is 1. The topological polar surface area (TPSA) is 32.3 Å². The monoisotopic (exact) mass is 314 g/mol. The Hall–Kier alpha value is -1.81. The molecule has 1 aliphatic carbocycles. The molecule has 1 fully saturated rings. The summed E-state index contributed by atoms with van der Waals surface area (Å²) in [7, 11) is 0. The highest BCUT2D eigenvalue weighted by molar-refractivity contribution is 7.09. The third kappa shape index (κ3) is 3.69. The fourth-order valence-electron chi connectivity index (χ4n) is 2.71. The fraction of sp³-hybridized carbons (Fsp3) is 0.389. The van der Waals surface area contributed by atoms with Crippen LogP contribution in [0.15, 0.2) is 47.8 Å². The van der Waals surface area contributed by atoms with E-state index in [2.05, 4.69) is 28.9 Å². The van der Waals surface area contributed by atoms with Gasteiger partial charge in [-0.1, -0.05) is 36.4 Å². The molecule has 116 valence electrons. The molecule has 0 saturated heterocycles. The third-order valence-electron chi connectivity index (χ3n) is 4.13. The molecule has 0 spiro atoms. The van der Waals surface area contributed by atoms with E-state index in [1.54, 1.807) is 11.3 Å². The molecular formula is C18H22N2OS. The molecule has 1 unspecified atom stereocenters. The number of carbonyl (C=O) groups is 1. The van der Waals surface area contributed by atoms with Crippen molar-refractivity contribution in [1.29, 1.82) is 0 Å². The van der Waals surface area contributed by atoms with Gasteiger partial charge in [-0.15, -0.1) is 11.3 Å². The van der Waals surface area contributed by atoms with Crippen molar-refractivity contribution in [2.24, 2.45) is 5.92 Å². The highest BCUT2D eigenvalue weighted by atomic mass is 32.1. The Morgan fingerprint density at radius 1 is 1.27 bits per heavy atom. The van der Waals surface area contributed by atoms with Gasteiger partial charge in [-0.25, -0.2) is 4.79 Å². The van der Waals surface area contributed by atoms with Crippen molar-refractivity contribution in [3.05, 3.63) is 58.3 Å². The average molecular weight is 314 g/mol. The van der Waals surface area contributed by atoms with Crippen molar-refractivity contribution >= 4 is 17.4 Å². The Bertz CT molecular complexity index is 593. The van der Waals surface area contributed by atoms with Crippen molar-refractivity contribution in [1.82, 2.24) is 10.2 Å². The Labute approximate surface area is 136 Å². The molecule has 0 radical (unpaired) electrons. The predicted octanol–water partition coefficient (Wildman–Crippen LogP) is 4.43. The number of amides is 2. The van der Waals surface area contributed by atoms with Crippen LogP contribution in [0.2, 0.25) is 0 Å². The lowest BCUT2D eigenvalue weighted by atomic mass is 10.0. The summed E-state index contributed by atoms with van der Waals surface area (Å²) in [6.07, 6.45) is 2.41. The van der Waals surface area contributed by atoms with Gasteiger partial charge in [0.25, 0.3) is 0 Å². The molecule has 1 aromatic carbocycles. The molecule has 1 saturated carbocycles. The molecule has 3 nitrogen and oxygen atoms in total. The van der Waals surface area contributed by atoms with Gasteiger partial charge < -0.3 is 10.2 Å². The van der Waals surface area contributed by atoms with Gasteiger partial charge in [0.2, 0.25) is 0 Å². The van der Waals surface area contributed by atoms with Crippen LogP contribution < -0.4 is 5.32 Å². The van der Waals surface area contributed by atoms with E-state index in [1.807, 2.05) is 36.1 Å². The Balaban J connectivity index is 1.67. The van der Waals surface area contributed by atoms with Crippen LogP contribution in [0.1, 0.15) is 36.2 Å². The van der Waals surface area contributed by atoms with Crippen LogP contribution >= 0.6 is 11.3 Å². The molecule has 2 amide bonds. The minimum Gasteiger partial charge on any atom is -0.331 e. The molecule has 1 heterocycles. The molecule has 1 N–H and O–H groups in total. The summed E-state index contributed by atoms with van der Waals surface area (Å²) in [6.45, 7) is 3.43. The average Bonchev–Trinajstić information content (AvgIpc) is 3.27. The summed E-state index contributed by atoms with van der Waals surface area (Å²) in [5, 5.41) is 5.30. The maximum Gasteiger partial charge on any atom is 0.318 e. The second kappa shape index (κ2) is 6.97. The van der Waals surface area contributed by atoms with E-state index in [0.29, 0.717) is 12.5 Å². The van der Waals surface area contributed by atoms with Crippen molar-refractivity contribution in [3.8, 4) is 0 Å². The summed E-state index contributed by atoms with van der Waals surface area (Å²) < 4.78 is 0. The van der Waals surface area contributed by atoms with E-state index in [-0.39, 0.29) is 12.1 Å². The summed E-state index contributed by atoms with van der Waals surface area (Å²) in [4.78, 5) is 15.7. The quantitative estimate of drug-likeness (QED) is 0.840. The van der Waals surface area contributed by atoms with Gasteiger partial charge in [0, 0.05) is 11.4 Å². The van der Waals surface area contributed by atoms with Crippen LogP contribution in [0.25, 0.3) is 0 Å². The molecule has 0 bridgehead atoms. The standard InChI is InChI=1S/C18H22N2OS/c1-2-20(13-16-9-6-12-22-16)18(21)19-17(15-10-11-15)14-7-4-3-5-8-14/h3-9,12,15,17H,2,10-11,13H2,1H3,(H,19,21). The van der Waals surface area contributed by atoms with Gasteiger partial charge in [-0.05, 0) is 42.7 Å². The molecule has 1 aromatic heterocycles. The van der Waals surface area contributed by atoms with Crippen LogP contribution in [-0.4, -0.2) is 17.5 Å². The Kier molecular flexibility index (Phi) is 4.78. The van der Waals surface area contributed by atoms with E-state index in [0.717, 1.165) is 6.54 Å². The minimum absolute atomic E-state index is 0.0386. The summed E-state index contributed by atoms with van der Waals surface area (Å²) in [5.74, 6) is 0.590. The van der Waals surface area contributed by atoms with Crippen molar-refractivity contribution in [2.75, 3.05) is 6.54 Å². The van der Waals surface area contributed by atoms with Crippen molar-refractivity contribution in [3.63, 3.8) is 0 Å². The van der Waals surface area contributed by atoms with Crippen LogP contribution in [0.3, 0.4) is 0 Å². The summed E-state index contributed by atoms with van der Waals surface area (Å²) >= 11 is 1.70. The van der Waals surface area contributed by atoms with Crippen molar-refractivity contribution < 1.29 is 4.79 Å².